The zero-order valence-electron chi connectivity index (χ0n) is 27.3. The van der Waals surface area contributed by atoms with Crippen molar-refractivity contribution in [1.29, 1.82) is 0 Å². The minimum absolute atomic E-state index is 0.0403. The van der Waals surface area contributed by atoms with Gasteiger partial charge in [0, 0.05) is 23.2 Å². The van der Waals surface area contributed by atoms with Crippen LogP contribution in [0.15, 0.2) is 11.8 Å². The number of carbonyl (C=O) groups excluding carboxylic acids is 3. The molecule has 0 bridgehead atoms. The van der Waals surface area contributed by atoms with Crippen molar-refractivity contribution >= 4 is 17.5 Å². The second kappa shape index (κ2) is 9.03. The molecule has 0 saturated heterocycles. The Hall–Kier alpha value is -1.96. The van der Waals surface area contributed by atoms with Gasteiger partial charge in [0.1, 0.15) is 5.78 Å². The van der Waals surface area contributed by atoms with Gasteiger partial charge in [-0.15, -0.1) is 0 Å². The molecule has 0 heterocycles. The van der Waals surface area contributed by atoms with Gasteiger partial charge in [0.15, 0.2) is 5.78 Å². The van der Waals surface area contributed by atoms with Crippen LogP contribution in [0, 0.1) is 68.1 Å². The summed E-state index contributed by atoms with van der Waals surface area (Å²) in [6.07, 6.45) is 9.41. The van der Waals surface area contributed by atoms with Crippen molar-refractivity contribution < 1.29 is 19.1 Å². The van der Waals surface area contributed by atoms with E-state index in [4.69, 9.17) is 11.3 Å². The van der Waals surface area contributed by atoms with Crippen LogP contribution in [0.3, 0.4) is 0 Å². The van der Waals surface area contributed by atoms with Crippen LogP contribution in [0.1, 0.15) is 121 Å². The first-order valence-corrected chi connectivity index (χ1v) is 16.0. The Bertz CT molecular complexity index is 1240. The lowest BCUT2D eigenvalue weighted by molar-refractivity contribution is -0.228. The van der Waals surface area contributed by atoms with E-state index in [1.165, 1.54) is 0 Å². The molecule has 8 atom stereocenters. The fourth-order valence-electron chi connectivity index (χ4n) is 11.1. The minimum atomic E-state index is -0.614. The summed E-state index contributed by atoms with van der Waals surface area (Å²) in [7, 11) is 0. The lowest BCUT2D eigenvalue weighted by Gasteiger charge is -2.72. The van der Waals surface area contributed by atoms with Crippen molar-refractivity contribution in [2.45, 2.75) is 121 Å². The molecule has 5 aliphatic rings. The van der Waals surface area contributed by atoms with E-state index in [1.807, 2.05) is 40.7 Å². The maximum atomic E-state index is 14.7. The Balaban J connectivity index is 1.57. The molecule has 0 spiro atoms. The molecular weight excluding hydrogens is 510 g/mol. The predicted molar refractivity (Wildman–Crippen MR) is 160 cm³/mol. The zero-order valence-corrected chi connectivity index (χ0v) is 27.3. The van der Waals surface area contributed by atoms with E-state index in [-0.39, 0.29) is 68.2 Å². The molecule has 5 aliphatic carbocycles. The van der Waals surface area contributed by atoms with Crippen LogP contribution in [-0.2, 0) is 19.1 Å². The van der Waals surface area contributed by atoms with Gasteiger partial charge in [0.05, 0.1) is 18.6 Å². The highest BCUT2D eigenvalue weighted by Gasteiger charge is 2.72. The minimum Gasteiger partial charge on any atom is -0.465 e. The van der Waals surface area contributed by atoms with Crippen molar-refractivity contribution in [3.63, 3.8) is 0 Å². The molecule has 0 radical (unpaired) electrons. The summed E-state index contributed by atoms with van der Waals surface area (Å²) in [5.41, 5.74) is -1.57. The normalized spacial score (nSPS) is 44.8. The van der Waals surface area contributed by atoms with Gasteiger partial charge < -0.3 is 9.53 Å². The molecule has 5 nitrogen and oxygen atoms in total. The van der Waals surface area contributed by atoms with Gasteiger partial charge in [-0.05, 0) is 105 Å². The SMILES string of the molecule is [C-]#[N+]C1=C[C@]2(C)[C@H]3CC(=O)[C@@H]4[C@@H]5CC(C)(C)CC[C@]5(COC(=O)C(C)(C)C)CC[C@@]4(C)[C@]3(C)CC[C@H]2C(C)(C)C1=O. The van der Waals surface area contributed by atoms with Crippen molar-refractivity contribution in [2.24, 2.45) is 61.6 Å². The van der Waals surface area contributed by atoms with Crippen LogP contribution in [0.4, 0.5) is 0 Å². The fourth-order valence-corrected chi connectivity index (χ4v) is 11.1. The van der Waals surface area contributed by atoms with Gasteiger partial charge in [-0.25, -0.2) is 4.85 Å². The number of rotatable bonds is 2. The molecule has 0 aromatic heterocycles. The number of esters is 1. The number of hydrogen-bond donors (Lipinski definition) is 0. The molecule has 5 heteroatoms. The molecule has 4 fully saturated rings. The third-order valence-electron chi connectivity index (χ3n) is 13.7. The average molecular weight is 564 g/mol. The molecule has 0 amide bonds. The molecule has 226 valence electrons. The van der Waals surface area contributed by atoms with Gasteiger partial charge in [-0.3, -0.25) is 9.59 Å². The number of hydrogen-bond acceptors (Lipinski definition) is 4. The summed E-state index contributed by atoms with van der Waals surface area (Å²) in [5, 5.41) is 0. The highest BCUT2D eigenvalue weighted by atomic mass is 16.5. The molecule has 0 aliphatic heterocycles. The first-order chi connectivity index (χ1) is 18.7. The number of nitrogens with zero attached hydrogens (tertiary/aromatic N) is 1. The number of carbonyl (C=O) groups is 3. The average Bonchev–Trinajstić information content (AvgIpc) is 2.86. The summed E-state index contributed by atoms with van der Waals surface area (Å²) in [6.45, 7) is 29.7. The summed E-state index contributed by atoms with van der Waals surface area (Å²) in [6, 6.07) is 0. The third-order valence-corrected chi connectivity index (χ3v) is 13.7. The number of Topliss-reactive ketones (excluding diaryl/α,β-unsaturated/α-hetero) is 2. The highest BCUT2D eigenvalue weighted by molar-refractivity contribution is 6.02. The standard InChI is InChI=1S/C36H53NO4/c1-30(2,3)29(40)41-21-36-16-14-31(4,5)19-22(36)27-24(38)18-26-33(8)20-23(37-11)28(39)32(6,7)25(33)12-13-34(26,9)35(27,10)15-17-36/h20,22,25-27H,12-19,21H2,1-10H3/t22-,25-,26+,27-,33-,34+,35+,36+/m0/s1. The Morgan fingerprint density at radius 1 is 0.951 bits per heavy atom. The number of allylic oxidation sites excluding steroid dienone is 2. The molecule has 0 unspecified atom stereocenters. The van der Waals surface area contributed by atoms with Gasteiger partial charge in [0.2, 0.25) is 5.70 Å². The highest BCUT2D eigenvalue weighted by Crippen LogP contribution is 2.75. The number of ketones is 2. The van der Waals surface area contributed by atoms with Crippen LogP contribution < -0.4 is 0 Å². The van der Waals surface area contributed by atoms with E-state index in [9.17, 15) is 14.4 Å². The Morgan fingerprint density at radius 3 is 2.20 bits per heavy atom. The van der Waals surface area contributed by atoms with Gasteiger partial charge in [0.25, 0.3) is 0 Å². The number of ether oxygens (including phenoxy) is 1. The van der Waals surface area contributed by atoms with Crippen molar-refractivity contribution in [3.05, 3.63) is 23.2 Å². The maximum Gasteiger partial charge on any atom is 0.311 e. The van der Waals surface area contributed by atoms with Crippen LogP contribution >= 0.6 is 0 Å². The zero-order chi connectivity index (χ0) is 30.6. The van der Waals surface area contributed by atoms with Gasteiger partial charge in [-0.2, -0.15) is 0 Å². The summed E-state index contributed by atoms with van der Waals surface area (Å²) in [5.74, 6) is 0.496. The first-order valence-electron chi connectivity index (χ1n) is 16.0. The van der Waals surface area contributed by atoms with E-state index in [0.717, 1.165) is 44.9 Å². The lowest BCUT2D eigenvalue weighted by Crippen LogP contribution is -2.69. The summed E-state index contributed by atoms with van der Waals surface area (Å²) >= 11 is 0. The molecule has 0 aromatic carbocycles. The molecular formula is C36H53NO4. The third kappa shape index (κ3) is 4.16. The van der Waals surface area contributed by atoms with Crippen LogP contribution in [-0.4, -0.2) is 24.1 Å². The van der Waals surface area contributed by atoms with Crippen LogP contribution in [0.2, 0.25) is 0 Å². The second-order valence-electron chi connectivity index (χ2n) is 17.8. The Kier molecular flexibility index (Phi) is 6.71. The number of fused-ring (bicyclic) bond motifs is 7. The van der Waals surface area contributed by atoms with E-state index >= 15 is 0 Å². The Labute approximate surface area is 248 Å². The van der Waals surface area contributed by atoms with Crippen molar-refractivity contribution in [2.75, 3.05) is 6.61 Å². The summed E-state index contributed by atoms with van der Waals surface area (Å²) in [4.78, 5) is 44.6. The predicted octanol–water partition coefficient (Wildman–Crippen LogP) is 8.23. The topological polar surface area (TPSA) is 64.8 Å². The van der Waals surface area contributed by atoms with Crippen molar-refractivity contribution in [3.8, 4) is 0 Å². The molecule has 5 rings (SSSR count). The first kappa shape index (κ1) is 30.5. The molecule has 0 aromatic rings. The van der Waals surface area contributed by atoms with Crippen molar-refractivity contribution in [1.82, 2.24) is 0 Å². The van der Waals surface area contributed by atoms with Gasteiger partial charge >= 0.3 is 5.97 Å². The maximum absolute atomic E-state index is 14.7. The van der Waals surface area contributed by atoms with E-state index in [0.29, 0.717) is 18.8 Å². The van der Waals surface area contributed by atoms with Gasteiger partial charge in [-0.1, -0.05) is 54.5 Å². The van der Waals surface area contributed by atoms with E-state index < -0.39 is 10.8 Å². The smallest absolute Gasteiger partial charge is 0.311 e. The fraction of sp³-hybridized carbons (Fsp3) is 0.833. The quantitative estimate of drug-likeness (QED) is 0.251. The van der Waals surface area contributed by atoms with E-state index in [1.54, 1.807) is 0 Å². The molecule has 41 heavy (non-hydrogen) atoms. The largest absolute Gasteiger partial charge is 0.465 e. The van der Waals surface area contributed by atoms with Crippen LogP contribution in [0.25, 0.3) is 4.85 Å². The molecule has 0 N–H and O–H groups in total. The monoisotopic (exact) mass is 563 g/mol. The summed E-state index contributed by atoms with van der Waals surface area (Å²) < 4.78 is 6.08. The lowest BCUT2D eigenvalue weighted by atomic mass is 9.32. The van der Waals surface area contributed by atoms with E-state index in [2.05, 4.69) is 39.5 Å². The second-order valence-corrected chi connectivity index (χ2v) is 17.8. The molecule has 4 saturated carbocycles. The van der Waals surface area contributed by atoms with Crippen LogP contribution in [0.5, 0.6) is 0 Å². The Morgan fingerprint density at radius 2 is 1.59 bits per heavy atom.